The zero-order valence-corrected chi connectivity index (χ0v) is 18.9. The van der Waals surface area contributed by atoms with Gasteiger partial charge in [0.15, 0.2) is 5.11 Å². The quantitative estimate of drug-likeness (QED) is 0.451. The van der Waals surface area contributed by atoms with E-state index in [-0.39, 0.29) is 0 Å². The molecule has 0 amide bonds. The van der Waals surface area contributed by atoms with Gasteiger partial charge in [-0.3, -0.25) is 0 Å². The van der Waals surface area contributed by atoms with Crippen LogP contribution in [0.5, 0.6) is 11.5 Å². The summed E-state index contributed by atoms with van der Waals surface area (Å²) in [6.07, 6.45) is 0. The Morgan fingerprint density at radius 3 is 1.80 bits per heavy atom. The van der Waals surface area contributed by atoms with Gasteiger partial charge in [-0.15, -0.1) is 0 Å². The third-order valence-electron chi connectivity index (χ3n) is 4.78. The smallest absolute Gasteiger partial charge is 0.174 e. The first-order chi connectivity index (χ1) is 14.5. The van der Waals surface area contributed by atoms with E-state index in [4.69, 9.17) is 33.3 Å². The molecule has 0 aliphatic rings. The van der Waals surface area contributed by atoms with Gasteiger partial charge in [-0.25, -0.2) is 0 Å². The summed E-state index contributed by atoms with van der Waals surface area (Å²) in [5.74, 6) is 1.66. The number of anilines is 1. The van der Waals surface area contributed by atoms with E-state index in [1.54, 1.807) is 14.2 Å². The fraction of sp³-hybridized carbons (Fsp3) is 0.208. The number of nitrogens with one attached hydrogen (secondary N) is 1. The van der Waals surface area contributed by atoms with Gasteiger partial charge in [0.25, 0.3) is 0 Å². The predicted octanol–water partition coefficient (Wildman–Crippen LogP) is 6.06. The average molecular weight is 441 g/mol. The molecule has 0 unspecified atom stereocenters. The number of halogens is 1. The van der Waals surface area contributed by atoms with Crippen molar-refractivity contribution in [1.82, 2.24) is 4.90 Å². The average Bonchev–Trinajstić information content (AvgIpc) is 2.76. The van der Waals surface area contributed by atoms with Gasteiger partial charge in [-0.2, -0.15) is 0 Å². The first kappa shape index (κ1) is 21.9. The predicted molar refractivity (Wildman–Crippen MR) is 128 cm³/mol. The van der Waals surface area contributed by atoms with Crippen molar-refractivity contribution in [3.63, 3.8) is 0 Å². The number of ether oxygens (including phenoxy) is 2. The Labute approximate surface area is 188 Å². The molecule has 0 heterocycles. The molecule has 0 saturated heterocycles. The largest absolute Gasteiger partial charge is 0.497 e. The third kappa shape index (κ3) is 5.88. The second-order valence-corrected chi connectivity index (χ2v) is 7.76. The van der Waals surface area contributed by atoms with Gasteiger partial charge in [-0.1, -0.05) is 35.9 Å². The van der Waals surface area contributed by atoms with Crippen molar-refractivity contribution >= 4 is 34.6 Å². The summed E-state index contributed by atoms with van der Waals surface area (Å²) in [4.78, 5) is 2.13. The number of methoxy groups -OCH3 is 2. The minimum absolute atomic E-state index is 0.645. The lowest BCUT2D eigenvalue weighted by atomic mass is 10.1. The lowest BCUT2D eigenvalue weighted by Gasteiger charge is -2.27. The van der Waals surface area contributed by atoms with E-state index in [1.165, 1.54) is 0 Å². The number of rotatable bonds is 7. The van der Waals surface area contributed by atoms with Crippen LogP contribution in [0.25, 0.3) is 0 Å². The molecular weight excluding hydrogens is 416 g/mol. The minimum atomic E-state index is 0.645. The van der Waals surface area contributed by atoms with Crippen LogP contribution in [0.1, 0.15) is 16.7 Å². The summed E-state index contributed by atoms with van der Waals surface area (Å²) >= 11 is 11.9. The molecule has 0 radical (unpaired) electrons. The monoisotopic (exact) mass is 440 g/mol. The highest BCUT2D eigenvalue weighted by atomic mass is 35.5. The van der Waals surface area contributed by atoms with Crippen LogP contribution in [0.3, 0.4) is 0 Å². The molecule has 30 heavy (non-hydrogen) atoms. The second kappa shape index (κ2) is 10.3. The summed E-state index contributed by atoms with van der Waals surface area (Å²) in [6, 6.07) is 21.8. The minimum Gasteiger partial charge on any atom is -0.497 e. The normalized spacial score (nSPS) is 10.4. The van der Waals surface area contributed by atoms with Crippen molar-refractivity contribution in [1.29, 1.82) is 0 Å². The Bertz CT molecular complexity index is 942. The molecule has 0 fully saturated rings. The zero-order valence-electron chi connectivity index (χ0n) is 17.3. The molecule has 0 aliphatic carbocycles. The molecule has 0 bridgehead atoms. The highest BCUT2D eigenvalue weighted by Gasteiger charge is 2.13. The molecule has 0 atom stereocenters. The van der Waals surface area contributed by atoms with E-state index in [9.17, 15) is 0 Å². The fourth-order valence-electron chi connectivity index (χ4n) is 3.06. The molecule has 156 valence electrons. The fourth-order valence-corrected chi connectivity index (χ4v) is 3.53. The topological polar surface area (TPSA) is 33.7 Å². The van der Waals surface area contributed by atoms with Crippen LogP contribution in [0.15, 0.2) is 66.7 Å². The molecule has 3 rings (SSSR count). The molecule has 3 aromatic carbocycles. The molecular formula is C24H25ClN2O2S. The van der Waals surface area contributed by atoms with Crippen molar-refractivity contribution in [3.05, 3.63) is 88.4 Å². The molecule has 0 aliphatic heterocycles. The van der Waals surface area contributed by atoms with Gasteiger partial charge in [-0.05, 0) is 78.3 Å². The standard InChI is InChI=1S/C24H25ClN2O2S/c1-17-14-20(25)8-13-23(17)26-24(30)27(15-18-4-9-21(28-2)10-5-18)16-19-6-11-22(29-3)12-7-19/h4-14H,15-16H2,1-3H3,(H,26,30). The molecule has 4 nitrogen and oxygen atoms in total. The van der Waals surface area contributed by atoms with Crippen LogP contribution >= 0.6 is 23.8 Å². The van der Waals surface area contributed by atoms with Gasteiger partial charge in [0.05, 0.1) is 14.2 Å². The van der Waals surface area contributed by atoms with Gasteiger partial charge in [0, 0.05) is 23.8 Å². The zero-order chi connectivity index (χ0) is 21.5. The van der Waals surface area contributed by atoms with Gasteiger partial charge in [0.2, 0.25) is 0 Å². The number of hydrogen-bond donors (Lipinski definition) is 1. The van der Waals surface area contributed by atoms with Crippen LogP contribution in [-0.2, 0) is 13.1 Å². The Kier molecular flexibility index (Phi) is 7.55. The van der Waals surface area contributed by atoms with Crippen LogP contribution in [0.4, 0.5) is 5.69 Å². The Morgan fingerprint density at radius 2 is 1.37 bits per heavy atom. The van der Waals surface area contributed by atoms with Crippen molar-refractivity contribution in [3.8, 4) is 11.5 Å². The molecule has 1 N–H and O–H groups in total. The number of thiocarbonyl (C=S) groups is 1. The summed E-state index contributed by atoms with van der Waals surface area (Å²) in [6.45, 7) is 3.33. The maximum absolute atomic E-state index is 6.09. The number of hydrogen-bond acceptors (Lipinski definition) is 3. The van der Waals surface area contributed by atoms with Crippen LogP contribution in [-0.4, -0.2) is 24.2 Å². The summed E-state index contributed by atoms with van der Waals surface area (Å²) in [7, 11) is 3.33. The summed E-state index contributed by atoms with van der Waals surface area (Å²) in [5, 5.41) is 4.72. The van der Waals surface area contributed by atoms with Crippen LogP contribution < -0.4 is 14.8 Å². The van der Waals surface area contributed by atoms with E-state index >= 15 is 0 Å². The lowest BCUT2D eigenvalue weighted by Crippen LogP contribution is -2.34. The molecule has 0 aromatic heterocycles. The van der Waals surface area contributed by atoms with Crippen molar-refractivity contribution in [2.24, 2.45) is 0 Å². The third-order valence-corrected chi connectivity index (χ3v) is 5.38. The van der Waals surface area contributed by atoms with Crippen LogP contribution in [0, 0.1) is 6.92 Å². The Balaban J connectivity index is 1.81. The van der Waals surface area contributed by atoms with E-state index in [0.717, 1.165) is 33.9 Å². The van der Waals surface area contributed by atoms with Gasteiger partial charge in [0.1, 0.15) is 11.5 Å². The van der Waals surface area contributed by atoms with Crippen molar-refractivity contribution in [2.75, 3.05) is 19.5 Å². The Hall–Kier alpha value is -2.76. The Morgan fingerprint density at radius 1 is 0.867 bits per heavy atom. The number of nitrogens with zero attached hydrogens (tertiary/aromatic N) is 1. The summed E-state index contributed by atoms with van der Waals surface area (Å²) < 4.78 is 10.5. The van der Waals surface area contributed by atoms with E-state index in [0.29, 0.717) is 23.2 Å². The molecule has 3 aromatic rings. The van der Waals surface area contributed by atoms with Crippen molar-refractivity contribution < 1.29 is 9.47 Å². The second-order valence-electron chi connectivity index (χ2n) is 6.94. The molecule has 0 saturated carbocycles. The van der Waals surface area contributed by atoms with E-state index < -0.39 is 0 Å². The maximum Gasteiger partial charge on any atom is 0.174 e. The first-order valence-corrected chi connectivity index (χ1v) is 10.3. The van der Waals surface area contributed by atoms with Gasteiger partial charge < -0.3 is 19.7 Å². The molecule has 6 heteroatoms. The van der Waals surface area contributed by atoms with Gasteiger partial charge >= 0.3 is 0 Å². The SMILES string of the molecule is COc1ccc(CN(Cc2ccc(OC)cc2)C(=S)Nc2ccc(Cl)cc2C)cc1. The lowest BCUT2D eigenvalue weighted by molar-refractivity contribution is 0.404. The first-order valence-electron chi connectivity index (χ1n) is 9.56. The molecule has 0 spiro atoms. The van der Waals surface area contributed by atoms with E-state index in [1.807, 2.05) is 49.4 Å². The maximum atomic E-state index is 6.09. The number of aryl methyl sites for hydroxylation is 1. The van der Waals surface area contributed by atoms with E-state index in [2.05, 4.69) is 34.5 Å². The van der Waals surface area contributed by atoms with Crippen molar-refractivity contribution in [2.45, 2.75) is 20.0 Å². The highest BCUT2D eigenvalue weighted by Crippen LogP contribution is 2.22. The summed E-state index contributed by atoms with van der Waals surface area (Å²) in [5.41, 5.74) is 4.26. The highest BCUT2D eigenvalue weighted by molar-refractivity contribution is 7.80. The van der Waals surface area contributed by atoms with Crippen LogP contribution in [0.2, 0.25) is 5.02 Å². The number of benzene rings is 3.